The minimum Gasteiger partial charge on any atom is -0.462 e. The summed E-state index contributed by atoms with van der Waals surface area (Å²) < 4.78 is 6.89. The lowest BCUT2D eigenvalue weighted by Gasteiger charge is -1.99. The Kier molecular flexibility index (Phi) is 3.65. The molecule has 0 saturated heterocycles. The lowest BCUT2D eigenvalue weighted by atomic mass is 10.1. The number of thiazole rings is 1. The van der Waals surface area contributed by atoms with E-state index in [2.05, 4.69) is 11.1 Å². The molecule has 0 bridgehead atoms. The topological polar surface area (TPSA) is 67.9 Å². The van der Waals surface area contributed by atoms with Gasteiger partial charge >= 0.3 is 5.97 Å². The van der Waals surface area contributed by atoms with E-state index in [1.54, 1.807) is 13.1 Å². The fourth-order valence-corrected chi connectivity index (χ4v) is 3.12. The van der Waals surface area contributed by atoms with Gasteiger partial charge in [0, 0.05) is 29.7 Å². The van der Waals surface area contributed by atoms with Gasteiger partial charge in [-0.05, 0) is 25.1 Å². The van der Waals surface area contributed by atoms with Crippen LogP contribution >= 0.6 is 11.3 Å². The highest BCUT2D eigenvalue weighted by atomic mass is 32.1. The lowest BCUT2D eigenvalue weighted by Crippen LogP contribution is -2.01. The summed E-state index contributed by atoms with van der Waals surface area (Å²) in [6.07, 6.45) is 3.33. The number of esters is 1. The molecule has 0 aliphatic rings. The van der Waals surface area contributed by atoms with Crippen molar-refractivity contribution in [1.29, 1.82) is 5.26 Å². The Bertz CT molecular complexity index is 902. The van der Waals surface area contributed by atoms with E-state index >= 15 is 0 Å². The van der Waals surface area contributed by atoms with Crippen molar-refractivity contribution in [2.45, 2.75) is 6.92 Å². The van der Waals surface area contributed by atoms with Crippen molar-refractivity contribution in [3.63, 3.8) is 0 Å². The highest BCUT2D eigenvalue weighted by molar-refractivity contribution is 7.16. The van der Waals surface area contributed by atoms with Crippen LogP contribution < -0.4 is 0 Å². The van der Waals surface area contributed by atoms with Gasteiger partial charge in [0.1, 0.15) is 16.0 Å². The molecular weight excluding hydrogens is 298 g/mol. The summed E-state index contributed by atoms with van der Waals surface area (Å²) in [4.78, 5) is 16.5. The fourth-order valence-electron chi connectivity index (χ4n) is 2.32. The molecule has 0 fully saturated rings. The number of fused-ring (bicyclic) bond motifs is 1. The van der Waals surface area contributed by atoms with Gasteiger partial charge < -0.3 is 9.30 Å². The van der Waals surface area contributed by atoms with Crippen LogP contribution in [-0.4, -0.2) is 22.1 Å². The molecule has 6 heteroatoms. The van der Waals surface area contributed by atoms with Gasteiger partial charge in [0.25, 0.3) is 0 Å². The normalized spacial score (nSPS) is 10.6. The number of rotatable bonds is 3. The van der Waals surface area contributed by atoms with Crippen LogP contribution in [0.5, 0.6) is 0 Å². The molecule has 2 heterocycles. The monoisotopic (exact) mass is 311 g/mol. The average Bonchev–Trinajstić information content (AvgIpc) is 3.12. The second-order valence-corrected chi connectivity index (χ2v) is 5.78. The van der Waals surface area contributed by atoms with Crippen molar-refractivity contribution in [3.8, 4) is 16.6 Å². The first-order valence-electron chi connectivity index (χ1n) is 6.76. The van der Waals surface area contributed by atoms with Gasteiger partial charge in [0.15, 0.2) is 0 Å². The van der Waals surface area contributed by atoms with Gasteiger partial charge in [0.05, 0.1) is 18.4 Å². The standard InChI is InChI=1S/C16H13N3O2S/c1-3-21-16(20)14-8-18-15(22-14)10-4-5-13-12(6-10)11(7-17)9-19(13)2/h4-6,8-9H,3H2,1-2H3. The Morgan fingerprint density at radius 1 is 1.50 bits per heavy atom. The molecule has 0 unspecified atom stereocenters. The molecule has 22 heavy (non-hydrogen) atoms. The van der Waals surface area contributed by atoms with E-state index in [0.717, 1.165) is 21.5 Å². The number of carbonyl (C=O) groups is 1. The minimum atomic E-state index is -0.357. The van der Waals surface area contributed by atoms with Gasteiger partial charge in [-0.25, -0.2) is 9.78 Å². The zero-order chi connectivity index (χ0) is 15.7. The zero-order valence-electron chi connectivity index (χ0n) is 12.2. The van der Waals surface area contributed by atoms with Crippen LogP contribution in [0.15, 0.2) is 30.6 Å². The molecule has 0 N–H and O–H groups in total. The van der Waals surface area contributed by atoms with E-state index in [1.165, 1.54) is 17.5 Å². The fraction of sp³-hybridized carbons (Fsp3) is 0.188. The first-order valence-corrected chi connectivity index (χ1v) is 7.58. The molecule has 0 amide bonds. The van der Waals surface area contributed by atoms with Gasteiger partial charge in [-0.15, -0.1) is 11.3 Å². The molecular formula is C16H13N3O2S. The van der Waals surface area contributed by atoms with Crippen molar-refractivity contribution in [1.82, 2.24) is 9.55 Å². The molecule has 0 aliphatic heterocycles. The maximum Gasteiger partial charge on any atom is 0.349 e. The van der Waals surface area contributed by atoms with Crippen molar-refractivity contribution in [2.75, 3.05) is 6.61 Å². The number of hydrogen-bond donors (Lipinski definition) is 0. The Balaban J connectivity index is 2.04. The number of aryl methyl sites for hydroxylation is 1. The summed E-state index contributed by atoms with van der Waals surface area (Å²) in [5, 5.41) is 10.8. The summed E-state index contributed by atoms with van der Waals surface area (Å²) in [6.45, 7) is 2.11. The first kappa shape index (κ1) is 14.3. The van der Waals surface area contributed by atoms with Crippen molar-refractivity contribution in [2.24, 2.45) is 7.05 Å². The van der Waals surface area contributed by atoms with Crippen molar-refractivity contribution < 1.29 is 9.53 Å². The number of benzene rings is 1. The number of nitrogens with zero attached hydrogens (tertiary/aromatic N) is 3. The molecule has 110 valence electrons. The number of carbonyl (C=O) groups excluding carboxylic acids is 1. The summed E-state index contributed by atoms with van der Waals surface area (Å²) in [6, 6.07) is 8.03. The summed E-state index contributed by atoms with van der Waals surface area (Å²) >= 11 is 1.29. The molecule has 5 nitrogen and oxygen atoms in total. The largest absolute Gasteiger partial charge is 0.462 e. The van der Waals surface area contributed by atoms with E-state index in [1.807, 2.05) is 29.8 Å². The van der Waals surface area contributed by atoms with E-state index in [0.29, 0.717) is 17.0 Å². The number of aromatic nitrogens is 2. The second-order valence-electron chi connectivity index (χ2n) is 4.75. The van der Waals surface area contributed by atoms with Crippen molar-refractivity contribution >= 4 is 28.2 Å². The van der Waals surface area contributed by atoms with Gasteiger partial charge in [-0.2, -0.15) is 5.26 Å². The average molecular weight is 311 g/mol. The predicted molar refractivity (Wildman–Crippen MR) is 84.7 cm³/mol. The molecule has 2 aromatic heterocycles. The molecule has 0 atom stereocenters. The third kappa shape index (κ3) is 2.36. The molecule has 0 spiro atoms. The van der Waals surface area contributed by atoms with Crippen LogP contribution in [0.1, 0.15) is 22.2 Å². The zero-order valence-corrected chi connectivity index (χ0v) is 13.0. The molecule has 3 aromatic rings. The third-order valence-corrected chi connectivity index (χ3v) is 4.37. The highest BCUT2D eigenvalue weighted by Gasteiger charge is 2.14. The van der Waals surface area contributed by atoms with E-state index in [-0.39, 0.29) is 5.97 Å². The molecule has 0 aliphatic carbocycles. The van der Waals surface area contributed by atoms with Crippen LogP contribution in [0.3, 0.4) is 0 Å². The van der Waals surface area contributed by atoms with Gasteiger partial charge in [-0.1, -0.05) is 0 Å². The van der Waals surface area contributed by atoms with Crippen LogP contribution in [0, 0.1) is 11.3 Å². The lowest BCUT2D eigenvalue weighted by molar-refractivity contribution is 0.0532. The van der Waals surface area contributed by atoms with Crippen molar-refractivity contribution in [3.05, 3.63) is 41.0 Å². The second kappa shape index (κ2) is 5.62. The minimum absolute atomic E-state index is 0.341. The molecule has 0 saturated carbocycles. The van der Waals surface area contributed by atoms with Gasteiger partial charge in [-0.3, -0.25) is 0 Å². The van der Waals surface area contributed by atoms with E-state index < -0.39 is 0 Å². The number of hydrogen-bond acceptors (Lipinski definition) is 5. The Hall–Kier alpha value is -2.65. The van der Waals surface area contributed by atoms with Crippen LogP contribution in [0.25, 0.3) is 21.5 Å². The van der Waals surface area contributed by atoms with Crippen LogP contribution in [0.2, 0.25) is 0 Å². The van der Waals surface area contributed by atoms with Crippen LogP contribution in [0.4, 0.5) is 0 Å². The smallest absolute Gasteiger partial charge is 0.349 e. The SMILES string of the molecule is CCOC(=O)c1cnc(-c2ccc3c(c2)c(C#N)cn3C)s1. The Labute approximate surface area is 131 Å². The Morgan fingerprint density at radius 3 is 3.05 bits per heavy atom. The van der Waals surface area contributed by atoms with Gasteiger partial charge in [0.2, 0.25) is 0 Å². The maximum atomic E-state index is 11.7. The van der Waals surface area contributed by atoms with E-state index in [4.69, 9.17) is 4.74 Å². The summed E-state index contributed by atoms with van der Waals surface area (Å²) in [5.41, 5.74) is 2.50. The highest BCUT2D eigenvalue weighted by Crippen LogP contribution is 2.30. The van der Waals surface area contributed by atoms with Crippen LogP contribution in [-0.2, 0) is 11.8 Å². The molecule has 1 aromatic carbocycles. The third-order valence-electron chi connectivity index (χ3n) is 3.34. The Morgan fingerprint density at radius 2 is 2.32 bits per heavy atom. The molecule has 0 radical (unpaired) electrons. The quantitative estimate of drug-likeness (QED) is 0.696. The number of nitriles is 1. The molecule has 3 rings (SSSR count). The summed E-state index contributed by atoms with van der Waals surface area (Å²) in [5.74, 6) is -0.357. The first-order chi connectivity index (χ1) is 10.6. The van der Waals surface area contributed by atoms with E-state index in [9.17, 15) is 10.1 Å². The maximum absolute atomic E-state index is 11.7. The number of ether oxygens (including phenoxy) is 1. The summed E-state index contributed by atoms with van der Waals surface area (Å²) in [7, 11) is 1.91. The predicted octanol–water partition coefficient (Wildman–Crippen LogP) is 3.35.